The van der Waals surface area contributed by atoms with Crippen molar-refractivity contribution in [2.45, 2.75) is 13.0 Å². The van der Waals surface area contributed by atoms with Gasteiger partial charge >= 0.3 is 0 Å². The number of nitrogens with zero attached hydrogens (tertiary/aromatic N) is 1. The number of rotatable bonds is 3. The highest BCUT2D eigenvalue weighted by atomic mass is 35.5. The van der Waals surface area contributed by atoms with Crippen LogP contribution in [0.3, 0.4) is 0 Å². The third-order valence-electron chi connectivity index (χ3n) is 2.39. The molecule has 6 heteroatoms. The van der Waals surface area contributed by atoms with E-state index < -0.39 is 5.82 Å². The van der Waals surface area contributed by atoms with E-state index in [0.29, 0.717) is 11.4 Å². The molecule has 4 nitrogen and oxygen atoms in total. The number of H-pyrrole nitrogens is 1. The molecular weight excluding hydrogens is 243 g/mol. The minimum atomic E-state index is -0.527. The second-order valence-corrected chi connectivity index (χ2v) is 4.10. The molecule has 1 atom stereocenters. The van der Waals surface area contributed by atoms with Gasteiger partial charge in [0.15, 0.2) is 0 Å². The van der Waals surface area contributed by atoms with E-state index in [9.17, 15) is 4.39 Å². The maximum Gasteiger partial charge on any atom is 0.143 e. The van der Waals surface area contributed by atoms with E-state index in [1.54, 1.807) is 12.4 Å². The van der Waals surface area contributed by atoms with E-state index >= 15 is 0 Å². The monoisotopic (exact) mass is 254 g/mol. The number of nitrogens with one attached hydrogen (secondary N) is 2. The summed E-state index contributed by atoms with van der Waals surface area (Å²) in [5, 5.41) is 3.15. The third kappa shape index (κ3) is 2.50. The van der Waals surface area contributed by atoms with Crippen molar-refractivity contribution in [1.82, 2.24) is 9.97 Å². The zero-order valence-electron chi connectivity index (χ0n) is 9.17. The molecular formula is C11H12ClFN4. The lowest BCUT2D eigenvalue weighted by Gasteiger charge is -2.15. The van der Waals surface area contributed by atoms with Crippen molar-refractivity contribution in [3.63, 3.8) is 0 Å². The molecule has 4 N–H and O–H groups in total. The molecule has 90 valence electrons. The number of hydrogen-bond donors (Lipinski definition) is 3. The number of nitrogen functional groups attached to an aromatic ring is 1. The molecule has 2 rings (SSSR count). The molecule has 0 spiro atoms. The summed E-state index contributed by atoms with van der Waals surface area (Å²) in [6.07, 6.45) is 3.39. The van der Waals surface area contributed by atoms with Gasteiger partial charge in [0, 0.05) is 18.5 Å². The summed E-state index contributed by atoms with van der Waals surface area (Å²) in [6, 6.07) is 2.58. The molecule has 0 aliphatic carbocycles. The Morgan fingerprint density at radius 1 is 1.53 bits per heavy atom. The molecule has 0 bridgehead atoms. The summed E-state index contributed by atoms with van der Waals surface area (Å²) < 4.78 is 13.1. The Labute approximate surface area is 103 Å². The Balaban J connectivity index is 2.22. The molecule has 0 saturated heterocycles. The average Bonchev–Trinajstić information content (AvgIpc) is 2.79. The molecule has 17 heavy (non-hydrogen) atoms. The van der Waals surface area contributed by atoms with Crippen molar-refractivity contribution in [2.24, 2.45) is 0 Å². The Bertz CT molecular complexity index is 512. The van der Waals surface area contributed by atoms with Gasteiger partial charge in [0.2, 0.25) is 0 Å². The SMILES string of the molecule is CC(Nc1cc(Cl)c(F)cc1N)c1ncc[nH]1. The first-order chi connectivity index (χ1) is 8.08. The van der Waals surface area contributed by atoms with E-state index in [0.717, 1.165) is 5.82 Å². The second kappa shape index (κ2) is 4.63. The van der Waals surface area contributed by atoms with Crippen LogP contribution in [-0.4, -0.2) is 9.97 Å². The molecule has 1 unspecified atom stereocenters. The van der Waals surface area contributed by atoms with Gasteiger partial charge in [-0.15, -0.1) is 0 Å². The van der Waals surface area contributed by atoms with Gasteiger partial charge in [-0.1, -0.05) is 11.6 Å². The fraction of sp³-hybridized carbons (Fsp3) is 0.182. The Morgan fingerprint density at radius 3 is 2.94 bits per heavy atom. The zero-order chi connectivity index (χ0) is 12.4. The van der Waals surface area contributed by atoms with E-state index in [2.05, 4.69) is 15.3 Å². The van der Waals surface area contributed by atoms with Gasteiger partial charge < -0.3 is 16.0 Å². The number of imidazole rings is 1. The lowest BCUT2D eigenvalue weighted by atomic mass is 10.2. The van der Waals surface area contributed by atoms with Crippen LogP contribution in [-0.2, 0) is 0 Å². The van der Waals surface area contributed by atoms with Crippen molar-refractivity contribution in [1.29, 1.82) is 0 Å². The zero-order valence-corrected chi connectivity index (χ0v) is 9.92. The first-order valence-corrected chi connectivity index (χ1v) is 5.46. The van der Waals surface area contributed by atoms with E-state index in [4.69, 9.17) is 17.3 Å². The first-order valence-electron chi connectivity index (χ1n) is 5.08. The number of nitrogens with two attached hydrogens (primary N) is 1. The largest absolute Gasteiger partial charge is 0.397 e. The minimum absolute atomic E-state index is 0.0355. The molecule has 0 amide bonds. The predicted molar refractivity (Wildman–Crippen MR) is 66.4 cm³/mol. The molecule has 1 heterocycles. The van der Waals surface area contributed by atoms with Crippen LogP contribution in [0.1, 0.15) is 18.8 Å². The van der Waals surface area contributed by atoms with Crippen LogP contribution in [0.5, 0.6) is 0 Å². The molecule has 0 aliphatic rings. The number of aromatic nitrogens is 2. The highest BCUT2D eigenvalue weighted by Gasteiger charge is 2.11. The van der Waals surface area contributed by atoms with Gasteiger partial charge in [-0.05, 0) is 13.0 Å². The Morgan fingerprint density at radius 2 is 2.29 bits per heavy atom. The van der Waals surface area contributed by atoms with E-state index in [-0.39, 0.29) is 11.1 Å². The van der Waals surface area contributed by atoms with Crippen molar-refractivity contribution in [3.05, 3.63) is 41.2 Å². The molecule has 0 saturated carbocycles. The lowest BCUT2D eigenvalue weighted by Crippen LogP contribution is -2.10. The first kappa shape index (κ1) is 11.7. The smallest absolute Gasteiger partial charge is 0.143 e. The Hall–Kier alpha value is -1.75. The molecule has 1 aromatic carbocycles. The van der Waals surface area contributed by atoms with Gasteiger partial charge in [0.25, 0.3) is 0 Å². The molecule has 0 aliphatic heterocycles. The van der Waals surface area contributed by atoms with E-state index in [1.807, 2.05) is 6.92 Å². The highest BCUT2D eigenvalue weighted by molar-refractivity contribution is 6.31. The summed E-state index contributed by atoms with van der Waals surface area (Å²) in [5.74, 6) is 0.241. The van der Waals surface area contributed by atoms with Crippen molar-refractivity contribution in [2.75, 3.05) is 11.1 Å². The third-order valence-corrected chi connectivity index (χ3v) is 2.68. The standard InChI is InChI=1S/C11H12ClFN4/c1-6(11-15-2-3-16-11)17-10-4-7(12)8(13)5-9(10)14/h2-6,17H,14H2,1H3,(H,15,16). The number of hydrogen-bond acceptors (Lipinski definition) is 3. The van der Waals surface area contributed by atoms with Crippen LogP contribution in [0.2, 0.25) is 5.02 Å². The fourth-order valence-corrected chi connectivity index (χ4v) is 1.67. The van der Waals surface area contributed by atoms with Crippen LogP contribution < -0.4 is 11.1 Å². The minimum Gasteiger partial charge on any atom is -0.397 e. The molecule has 0 fully saturated rings. The van der Waals surface area contributed by atoms with Crippen molar-refractivity contribution < 1.29 is 4.39 Å². The van der Waals surface area contributed by atoms with Crippen LogP contribution in [0.25, 0.3) is 0 Å². The van der Waals surface area contributed by atoms with Crippen LogP contribution >= 0.6 is 11.6 Å². The number of halogens is 2. The number of benzene rings is 1. The van der Waals surface area contributed by atoms with Crippen LogP contribution in [0.4, 0.5) is 15.8 Å². The quantitative estimate of drug-likeness (QED) is 0.738. The summed E-state index contributed by atoms with van der Waals surface area (Å²) in [7, 11) is 0. The van der Waals surface area contributed by atoms with Crippen LogP contribution in [0, 0.1) is 5.82 Å². The maximum absolute atomic E-state index is 13.1. The maximum atomic E-state index is 13.1. The molecule has 0 radical (unpaired) electrons. The Kier molecular flexibility index (Phi) is 3.19. The lowest BCUT2D eigenvalue weighted by molar-refractivity contribution is 0.629. The van der Waals surface area contributed by atoms with Gasteiger partial charge in [0.05, 0.1) is 22.4 Å². The van der Waals surface area contributed by atoms with E-state index in [1.165, 1.54) is 12.1 Å². The van der Waals surface area contributed by atoms with Crippen molar-refractivity contribution >= 4 is 23.0 Å². The average molecular weight is 255 g/mol. The second-order valence-electron chi connectivity index (χ2n) is 3.69. The van der Waals surface area contributed by atoms with Gasteiger partial charge in [-0.25, -0.2) is 9.37 Å². The topological polar surface area (TPSA) is 66.7 Å². The van der Waals surface area contributed by atoms with Gasteiger partial charge in [-0.3, -0.25) is 0 Å². The number of anilines is 2. The summed E-state index contributed by atoms with van der Waals surface area (Å²) in [6.45, 7) is 1.91. The molecule has 1 aromatic heterocycles. The van der Waals surface area contributed by atoms with Crippen molar-refractivity contribution in [3.8, 4) is 0 Å². The fourth-order valence-electron chi connectivity index (χ4n) is 1.50. The van der Waals surface area contributed by atoms with Crippen LogP contribution in [0.15, 0.2) is 24.5 Å². The summed E-state index contributed by atoms with van der Waals surface area (Å²) in [5.41, 5.74) is 6.59. The summed E-state index contributed by atoms with van der Waals surface area (Å²) in [4.78, 5) is 7.10. The summed E-state index contributed by atoms with van der Waals surface area (Å²) >= 11 is 5.70. The molecule has 2 aromatic rings. The van der Waals surface area contributed by atoms with Gasteiger partial charge in [-0.2, -0.15) is 0 Å². The number of aromatic amines is 1. The van der Waals surface area contributed by atoms with Gasteiger partial charge in [0.1, 0.15) is 11.6 Å². The normalized spacial score (nSPS) is 12.4. The highest BCUT2D eigenvalue weighted by Crippen LogP contribution is 2.28. The predicted octanol–water partition coefficient (Wildman–Crippen LogP) is 2.96.